The van der Waals surface area contributed by atoms with Crippen molar-refractivity contribution < 1.29 is 14.4 Å². The maximum Gasteiger partial charge on any atom is 0.257 e. The molecule has 4 aromatic rings. The van der Waals surface area contributed by atoms with Gasteiger partial charge in [0, 0.05) is 49.6 Å². The number of pyridine rings is 4. The van der Waals surface area contributed by atoms with Gasteiger partial charge in [0.15, 0.2) is 12.6 Å². The van der Waals surface area contributed by atoms with Gasteiger partial charge in [-0.2, -0.15) is 0 Å². The number of aldehydes is 2. The minimum atomic E-state index is -1.02. The summed E-state index contributed by atoms with van der Waals surface area (Å²) >= 11 is 0. The third-order valence-corrected chi connectivity index (χ3v) is 2.50. The highest BCUT2D eigenvalue weighted by Crippen LogP contribution is 1.75. The van der Waals surface area contributed by atoms with Crippen LogP contribution >= 0.6 is 0 Å². The molecule has 0 aromatic carbocycles. The van der Waals surface area contributed by atoms with E-state index in [-0.39, 0.29) is 12.6 Å². The number of carbonyl (C=O) groups is 3. The Labute approximate surface area is 175 Å². The number of rotatable bonds is 2. The largest absolute Gasteiger partial charge is 0.294 e. The number of nitrogens with zero attached hydrogens (tertiary/aromatic N) is 4. The zero-order valence-corrected chi connectivity index (χ0v) is 16.2. The van der Waals surface area contributed by atoms with Crippen LogP contribution in [0.25, 0.3) is 0 Å². The summed E-state index contributed by atoms with van der Waals surface area (Å²) in [5, 5.41) is 0. The lowest BCUT2D eigenvalue weighted by Gasteiger charge is -1.70. The minimum absolute atomic E-state index is 0.0347. The fourth-order valence-electron chi connectivity index (χ4n) is 1.28. The number of hydrogen-bond donors (Lipinski definition) is 0. The summed E-state index contributed by atoms with van der Waals surface area (Å²) in [4.78, 5) is 42.9. The molecule has 0 spiro atoms. The molecule has 0 amide bonds. The number of Topliss-reactive ketones (excluding diaryl/α,β-unsaturated/α-hetero) is 1. The summed E-state index contributed by atoms with van der Waals surface area (Å²) in [6, 6.07) is 22.9. The first-order chi connectivity index (χ1) is 14.8. The number of aromatic nitrogens is 4. The van der Waals surface area contributed by atoms with Crippen LogP contribution in [0.15, 0.2) is 122 Å². The number of carbonyl (C=O) groups excluding carboxylic acids is 3. The van der Waals surface area contributed by atoms with E-state index in [0.29, 0.717) is 0 Å². The monoisotopic (exact) mass is 402 g/mol. The van der Waals surface area contributed by atoms with Crippen molar-refractivity contribution in [3.8, 4) is 0 Å². The molecular weight excluding hydrogens is 380 g/mol. The van der Waals surface area contributed by atoms with Crippen molar-refractivity contribution >= 4 is 18.4 Å². The second-order valence-corrected chi connectivity index (χ2v) is 4.74. The fraction of sp³-hybridized carbons (Fsp3) is 0. The predicted octanol–water partition coefficient (Wildman–Crippen LogP) is 3.28. The van der Waals surface area contributed by atoms with E-state index in [1.54, 1.807) is 49.6 Å². The van der Waals surface area contributed by atoms with Gasteiger partial charge in [-0.15, -0.1) is 0 Å². The Morgan fingerprint density at radius 2 is 0.600 bits per heavy atom. The van der Waals surface area contributed by atoms with Crippen LogP contribution in [0.3, 0.4) is 0 Å². The van der Waals surface area contributed by atoms with Crippen molar-refractivity contribution in [1.82, 2.24) is 19.9 Å². The quantitative estimate of drug-likeness (QED) is 0.288. The highest BCUT2D eigenvalue weighted by Gasteiger charge is 1.87. The highest BCUT2D eigenvalue weighted by molar-refractivity contribution is 6.50. The van der Waals surface area contributed by atoms with Crippen LogP contribution in [-0.4, -0.2) is 38.3 Å². The van der Waals surface area contributed by atoms with Gasteiger partial charge in [-0.25, -0.2) is 0 Å². The first-order valence-electron chi connectivity index (χ1n) is 8.65. The van der Waals surface area contributed by atoms with E-state index in [2.05, 4.69) is 19.9 Å². The Hall–Kier alpha value is -4.39. The van der Waals surface area contributed by atoms with Crippen molar-refractivity contribution in [2.45, 2.75) is 0 Å². The average molecular weight is 402 g/mol. The van der Waals surface area contributed by atoms with Crippen molar-refractivity contribution in [1.29, 1.82) is 0 Å². The first-order valence-corrected chi connectivity index (χ1v) is 8.65. The summed E-state index contributed by atoms with van der Waals surface area (Å²) in [5.74, 6) is -1.02. The van der Waals surface area contributed by atoms with Crippen molar-refractivity contribution in [2.24, 2.45) is 0 Å². The highest BCUT2D eigenvalue weighted by atomic mass is 16.2. The SMILES string of the molecule is O=CC(=O)C=O.c1ccncc1.c1ccncc1.c1ccncc1.c1ccncc1. The molecule has 0 atom stereocenters. The van der Waals surface area contributed by atoms with Crippen molar-refractivity contribution in [2.75, 3.05) is 0 Å². The van der Waals surface area contributed by atoms with Gasteiger partial charge < -0.3 is 0 Å². The summed E-state index contributed by atoms with van der Waals surface area (Å²) < 4.78 is 0. The van der Waals surface area contributed by atoms with E-state index in [4.69, 9.17) is 9.59 Å². The van der Waals surface area contributed by atoms with E-state index >= 15 is 0 Å². The molecule has 0 unspecified atom stereocenters. The Bertz CT molecular complexity index is 607. The van der Waals surface area contributed by atoms with Crippen LogP contribution < -0.4 is 0 Å². The molecule has 0 aliphatic heterocycles. The van der Waals surface area contributed by atoms with Crippen molar-refractivity contribution in [3.63, 3.8) is 0 Å². The summed E-state index contributed by atoms with van der Waals surface area (Å²) in [6.45, 7) is 0. The second kappa shape index (κ2) is 22.7. The van der Waals surface area contributed by atoms with Gasteiger partial charge in [-0.3, -0.25) is 34.3 Å². The Morgan fingerprint density at radius 1 is 0.400 bits per heavy atom. The minimum Gasteiger partial charge on any atom is -0.294 e. The lowest BCUT2D eigenvalue weighted by atomic mass is 10.5. The lowest BCUT2D eigenvalue weighted by molar-refractivity contribution is -0.135. The van der Waals surface area contributed by atoms with Gasteiger partial charge in [-0.1, -0.05) is 24.3 Å². The molecule has 7 heteroatoms. The first kappa shape index (κ1) is 25.6. The molecule has 30 heavy (non-hydrogen) atoms. The normalized spacial score (nSPS) is 7.73. The molecular formula is C23H22N4O3. The number of hydrogen-bond acceptors (Lipinski definition) is 7. The lowest BCUT2D eigenvalue weighted by Crippen LogP contribution is -1.97. The van der Waals surface area contributed by atoms with Crippen LogP contribution in [0.1, 0.15) is 0 Å². The molecule has 4 rings (SSSR count). The maximum absolute atomic E-state index is 9.44. The summed E-state index contributed by atoms with van der Waals surface area (Å²) in [7, 11) is 0. The Balaban J connectivity index is 0.000000350. The van der Waals surface area contributed by atoms with Crippen LogP contribution in [0.2, 0.25) is 0 Å². The predicted molar refractivity (Wildman–Crippen MR) is 114 cm³/mol. The van der Waals surface area contributed by atoms with E-state index < -0.39 is 5.78 Å². The molecule has 7 nitrogen and oxygen atoms in total. The van der Waals surface area contributed by atoms with E-state index in [1.807, 2.05) is 72.8 Å². The molecule has 0 saturated heterocycles. The van der Waals surface area contributed by atoms with Crippen LogP contribution in [0.4, 0.5) is 0 Å². The van der Waals surface area contributed by atoms with E-state index in [1.165, 1.54) is 0 Å². The third kappa shape index (κ3) is 21.7. The second-order valence-electron chi connectivity index (χ2n) is 4.74. The zero-order chi connectivity index (χ0) is 22.0. The van der Waals surface area contributed by atoms with Crippen LogP contribution in [0.5, 0.6) is 0 Å². The van der Waals surface area contributed by atoms with Crippen molar-refractivity contribution in [3.05, 3.63) is 122 Å². The van der Waals surface area contributed by atoms with Crippen LogP contribution in [0, 0.1) is 0 Å². The topological polar surface area (TPSA) is 103 Å². The molecule has 0 radical (unpaired) electrons. The smallest absolute Gasteiger partial charge is 0.257 e. The molecule has 0 aliphatic carbocycles. The Kier molecular flexibility index (Phi) is 19.3. The fourth-order valence-corrected chi connectivity index (χ4v) is 1.28. The summed E-state index contributed by atoms with van der Waals surface area (Å²) in [6.07, 6.45) is 13.9. The maximum atomic E-state index is 9.44. The molecule has 0 fully saturated rings. The average Bonchev–Trinajstić information content (AvgIpc) is 2.89. The molecule has 0 saturated carbocycles. The van der Waals surface area contributed by atoms with Gasteiger partial charge in [0.05, 0.1) is 0 Å². The summed E-state index contributed by atoms with van der Waals surface area (Å²) in [5.41, 5.74) is 0. The van der Waals surface area contributed by atoms with E-state index in [0.717, 1.165) is 0 Å². The molecule has 4 heterocycles. The third-order valence-electron chi connectivity index (χ3n) is 2.50. The van der Waals surface area contributed by atoms with Gasteiger partial charge >= 0.3 is 0 Å². The molecule has 0 aliphatic rings. The molecule has 152 valence electrons. The number of ketones is 1. The van der Waals surface area contributed by atoms with Gasteiger partial charge in [0.2, 0.25) is 0 Å². The van der Waals surface area contributed by atoms with Gasteiger partial charge in [-0.05, 0) is 48.5 Å². The molecule has 4 aromatic heterocycles. The van der Waals surface area contributed by atoms with Gasteiger partial charge in [0.25, 0.3) is 5.78 Å². The zero-order valence-electron chi connectivity index (χ0n) is 16.2. The van der Waals surface area contributed by atoms with Gasteiger partial charge in [0.1, 0.15) is 0 Å². The molecule has 0 N–H and O–H groups in total. The van der Waals surface area contributed by atoms with Crippen LogP contribution in [-0.2, 0) is 14.4 Å². The molecule has 0 bridgehead atoms. The Morgan fingerprint density at radius 3 is 0.633 bits per heavy atom. The van der Waals surface area contributed by atoms with E-state index in [9.17, 15) is 4.79 Å². The standard InChI is InChI=1S/4C5H5N.C3H2O3/c4*1-2-4-6-5-3-1;4-1-3(6)2-5/h4*1-5H;1-2H.